The van der Waals surface area contributed by atoms with Crippen molar-refractivity contribution in [3.63, 3.8) is 0 Å². The predicted octanol–water partition coefficient (Wildman–Crippen LogP) is 6.79. The molecular weight excluding hydrogens is 550 g/mol. The molecule has 0 aliphatic heterocycles. The number of hydrogen-bond acceptors (Lipinski definition) is 5. The van der Waals surface area contributed by atoms with Crippen molar-refractivity contribution in [2.24, 2.45) is 0 Å². The minimum Gasteiger partial charge on any atom is -0.494 e. The summed E-state index contributed by atoms with van der Waals surface area (Å²) in [4.78, 5) is 35.0. The molecule has 0 unspecified atom stereocenters. The van der Waals surface area contributed by atoms with Gasteiger partial charge in [0, 0.05) is 13.2 Å². The Hall–Kier alpha value is -4.75. The van der Waals surface area contributed by atoms with Crippen LogP contribution >= 0.6 is 0 Å². The highest BCUT2D eigenvalue weighted by Crippen LogP contribution is 2.30. The molecule has 0 atom stereocenters. The van der Waals surface area contributed by atoms with Gasteiger partial charge in [-0.3, -0.25) is 14.2 Å². The monoisotopic (exact) mass is 589 g/mol. The van der Waals surface area contributed by atoms with E-state index < -0.39 is 5.54 Å². The molecule has 44 heavy (non-hydrogen) atoms. The minimum absolute atomic E-state index is 0.0807. The maximum Gasteiger partial charge on any atom is 0.266 e. The van der Waals surface area contributed by atoms with Crippen molar-refractivity contribution < 1.29 is 14.3 Å². The Kier molecular flexibility index (Phi) is 9.56. The average Bonchev–Trinajstić information content (AvgIpc) is 3.04. The van der Waals surface area contributed by atoms with Gasteiger partial charge in [0.05, 0.1) is 41.8 Å². The summed E-state index contributed by atoms with van der Waals surface area (Å²) in [6, 6.07) is 32.9. The highest BCUT2D eigenvalue weighted by molar-refractivity contribution is 5.81. The van der Waals surface area contributed by atoms with Crippen LogP contribution in [0.2, 0.25) is 0 Å². The molecule has 1 aromatic heterocycles. The molecule has 0 radical (unpaired) electrons. The summed E-state index contributed by atoms with van der Waals surface area (Å²) >= 11 is 0. The fourth-order valence-electron chi connectivity index (χ4n) is 5.49. The number of fused-ring (bicyclic) bond motifs is 1. The number of nitrogens with zero attached hydrogens (tertiary/aromatic N) is 3. The van der Waals surface area contributed by atoms with Crippen molar-refractivity contribution in [3.05, 3.63) is 125 Å². The Balaban J connectivity index is 1.55. The highest BCUT2D eigenvalue weighted by atomic mass is 16.5. The fourth-order valence-corrected chi connectivity index (χ4v) is 5.49. The van der Waals surface area contributed by atoms with E-state index in [2.05, 4.69) is 12.1 Å². The number of hydrogen-bond donors (Lipinski definition) is 0. The standard InChI is InChI=1S/C37H39N3O4/c1-5-43-25-24-39(34(41)26-27-16-18-29(19-17-27)28-12-8-7-9-13-28)37(3,4)36-38-33-15-11-10-14-32(33)35(42)40(36)30-20-22-31(23-21-30)44-6-2/h7-23H,5-6,24-26H2,1-4H3. The number of carbonyl (C=O) groups is 1. The number of amides is 1. The summed E-state index contributed by atoms with van der Waals surface area (Å²) < 4.78 is 13.0. The SMILES string of the molecule is CCOCCN(C(=O)Cc1ccc(-c2ccccc2)cc1)C(C)(C)c1nc2ccccc2c(=O)n1-c1ccc(OCC)cc1. The van der Waals surface area contributed by atoms with Crippen LogP contribution < -0.4 is 10.3 Å². The molecule has 1 heterocycles. The van der Waals surface area contributed by atoms with Crippen molar-refractivity contribution in [2.75, 3.05) is 26.4 Å². The van der Waals surface area contributed by atoms with Crippen molar-refractivity contribution in [2.45, 2.75) is 39.7 Å². The van der Waals surface area contributed by atoms with Gasteiger partial charge in [0.1, 0.15) is 11.6 Å². The quantitative estimate of drug-likeness (QED) is 0.150. The zero-order chi connectivity index (χ0) is 31.1. The molecule has 226 valence electrons. The zero-order valence-electron chi connectivity index (χ0n) is 25.8. The first-order valence-corrected chi connectivity index (χ1v) is 15.1. The van der Waals surface area contributed by atoms with E-state index in [1.54, 1.807) is 15.5 Å². The van der Waals surface area contributed by atoms with Crippen LogP contribution in [0.1, 0.15) is 39.1 Å². The topological polar surface area (TPSA) is 73.7 Å². The lowest BCUT2D eigenvalue weighted by Crippen LogP contribution is -2.50. The third-order valence-corrected chi connectivity index (χ3v) is 7.78. The van der Waals surface area contributed by atoms with E-state index in [4.69, 9.17) is 14.5 Å². The predicted molar refractivity (Wildman–Crippen MR) is 175 cm³/mol. The van der Waals surface area contributed by atoms with Gasteiger partial charge in [0.15, 0.2) is 0 Å². The molecule has 0 aliphatic rings. The minimum atomic E-state index is -0.972. The van der Waals surface area contributed by atoms with Crippen LogP contribution in [-0.4, -0.2) is 46.7 Å². The Morgan fingerprint density at radius 1 is 0.818 bits per heavy atom. The first kappa shape index (κ1) is 30.7. The van der Waals surface area contributed by atoms with Crippen molar-refractivity contribution in [1.82, 2.24) is 14.5 Å². The normalized spacial score (nSPS) is 11.5. The summed E-state index contributed by atoms with van der Waals surface area (Å²) in [5, 5.41) is 0.506. The van der Waals surface area contributed by atoms with Crippen LogP contribution in [0.5, 0.6) is 5.75 Å². The molecule has 0 spiro atoms. The summed E-state index contributed by atoms with van der Waals surface area (Å²) in [5.74, 6) is 1.10. The summed E-state index contributed by atoms with van der Waals surface area (Å²) in [5.41, 5.74) is 3.18. The number of aromatic nitrogens is 2. The van der Waals surface area contributed by atoms with E-state index in [0.29, 0.717) is 54.5 Å². The number of carbonyl (C=O) groups excluding carboxylic acids is 1. The van der Waals surface area contributed by atoms with Crippen LogP contribution in [0, 0.1) is 0 Å². The number of ether oxygens (including phenoxy) is 2. The first-order valence-electron chi connectivity index (χ1n) is 15.1. The van der Waals surface area contributed by atoms with Gasteiger partial charge in [0.2, 0.25) is 5.91 Å². The zero-order valence-corrected chi connectivity index (χ0v) is 25.8. The van der Waals surface area contributed by atoms with Crippen LogP contribution in [-0.2, 0) is 21.5 Å². The summed E-state index contributed by atoms with van der Waals surface area (Å²) in [6.45, 7) is 9.52. The second kappa shape index (κ2) is 13.7. The maximum atomic E-state index is 14.1. The van der Waals surface area contributed by atoms with Gasteiger partial charge in [-0.25, -0.2) is 4.98 Å². The summed E-state index contributed by atoms with van der Waals surface area (Å²) in [7, 11) is 0. The molecular formula is C37H39N3O4. The van der Waals surface area contributed by atoms with Gasteiger partial charge >= 0.3 is 0 Å². The average molecular weight is 590 g/mol. The lowest BCUT2D eigenvalue weighted by atomic mass is 9.97. The molecule has 7 heteroatoms. The Bertz CT molecular complexity index is 1760. The van der Waals surface area contributed by atoms with Crippen molar-refractivity contribution in [1.29, 1.82) is 0 Å². The van der Waals surface area contributed by atoms with Gasteiger partial charge in [-0.15, -0.1) is 0 Å². The van der Waals surface area contributed by atoms with E-state index in [-0.39, 0.29) is 17.9 Å². The second-order valence-corrected chi connectivity index (χ2v) is 11.1. The van der Waals surface area contributed by atoms with Crippen molar-refractivity contribution in [3.8, 4) is 22.6 Å². The van der Waals surface area contributed by atoms with Gasteiger partial charge in [0.25, 0.3) is 5.56 Å². The fraction of sp³-hybridized carbons (Fsp3) is 0.270. The van der Waals surface area contributed by atoms with E-state index in [9.17, 15) is 9.59 Å². The lowest BCUT2D eigenvalue weighted by molar-refractivity contribution is -0.137. The first-order chi connectivity index (χ1) is 21.3. The molecule has 0 fully saturated rings. The lowest BCUT2D eigenvalue weighted by Gasteiger charge is -2.39. The number of benzene rings is 4. The molecule has 1 amide bonds. The summed E-state index contributed by atoms with van der Waals surface area (Å²) in [6.07, 6.45) is 0.200. The Morgan fingerprint density at radius 3 is 2.16 bits per heavy atom. The maximum absolute atomic E-state index is 14.1. The van der Waals surface area contributed by atoms with E-state index in [0.717, 1.165) is 16.7 Å². The van der Waals surface area contributed by atoms with Gasteiger partial charge in [-0.05, 0) is 80.8 Å². The van der Waals surface area contributed by atoms with Crippen LogP contribution in [0.25, 0.3) is 27.7 Å². The van der Waals surface area contributed by atoms with E-state index >= 15 is 0 Å². The molecule has 0 saturated carbocycles. The molecule has 0 bridgehead atoms. The third kappa shape index (κ3) is 6.58. The molecule has 0 N–H and O–H groups in total. The van der Waals surface area contributed by atoms with Crippen molar-refractivity contribution >= 4 is 16.8 Å². The highest BCUT2D eigenvalue weighted by Gasteiger charge is 2.37. The van der Waals surface area contributed by atoms with Gasteiger partial charge in [-0.1, -0.05) is 66.7 Å². The molecule has 5 rings (SSSR count). The molecule has 5 aromatic rings. The van der Waals surface area contributed by atoms with Gasteiger partial charge in [-0.2, -0.15) is 0 Å². The van der Waals surface area contributed by atoms with E-state index in [1.165, 1.54) is 0 Å². The largest absolute Gasteiger partial charge is 0.494 e. The third-order valence-electron chi connectivity index (χ3n) is 7.78. The second-order valence-electron chi connectivity index (χ2n) is 11.1. The molecule has 0 saturated heterocycles. The van der Waals surface area contributed by atoms with Crippen LogP contribution in [0.15, 0.2) is 108 Å². The number of rotatable bonds is 12. The smallest absolute Gasteiger partial charge is 0.266 e. The van der Waals surface area contributed by atoms with E-state index in [1.807, 2.05) is 113 Å². The Morgan fingerprint density at radius 2 is 1.48 bits per heavy atom. The van der Waals surface area contributed by atoms with Crippen LogP contribution in [0.3, 0.4) is 0 Å². The van der Waals surface area contributed by atoms with Crippen LogP contribution in [0.4, 0.5) is 0 Å². The van der Waals surface area contributed by atoms with Gasteiger partial charge < -0.3 is 14.4 Å². The number of para-hydroxylation sites is 1. The Labute approximate surface area is 258 Å². The molecule has 4 aromatic carbocycles. The molecule has 0 aliphatic carbocycles. The molecule has 7 nitrogen and oxygen atoms in total.